The van der Waals surface area contributed by atoms with E-state index in [1.165, 1.54) is 11.3 Å². The molecule has 0 spiro atoms. The molecule has 1 fully saturated rings. The van der Waals surface area contributed by atoms with E-state index in [-0.39, 0.29) is 30.0 Å². The minimum absolute atomic E-state index is 0.102. The van der Waals surface area contributed by atoms with E-state index in [0.29, 0.717) is 44.7 Å². The van der Waals surface area contributed by atoms with E-state index in [9.17, 15) is 14.7 Å². The second-order valence-corrected chi connectivity index (χ2v) is 10.1. The van der Waals surface area contributed by atoms with Crippen LogP contribution in [0.25, 0.3) is 0 Å². The summed E-state index contributed by atoms with van der Waals surface area (Å²) in [6.45, 7) is 3.31. The number of carbonyl (C=O) groups excluding carboxylic acids is 2. The molecule has 3 aromatic rings. The normalized spacial score (nSPS) is 14.6. The van der Waals surface area contributed by atoms with E-state index < -0.39 is 6.04 Å². The lowest BCUT2D eigenvalue weighted by atomic mass is 10.00. The SMILES string of the molecule is COc1ccc(CNC(=O)C(c2csc(C)n2)N(C(=O)CCc2ccc(O)cc2)C2CCOCC2)cc1. The van der Waals surface area contributed by atoms with Gasteiger partial charge in [0.1, 0.15) is 11.5 Å². The topological polar surface area (TPSA) is 101 Å². The van der Waals surface area contributed by atoms with Crippen molar-refractivity contribution >= 4 is 23.2 Å². The molecule has 9 heteroatoms. The highest BCUT2D eigenvalue weighted by atomic mass is 32.1. The summed E-state index contributed by atoms with van der Waals surface area (Å²) in [6, 6.07) is 13.4. The van der Waals surface area contributed by atoms with Crippen LogP contribution >= 0.6 is 11.3 Å². The van der Waals surface area contributed by atoms with Crippen LogP contribution < -0.4 is 10.1 Å². The number of nitrogens with zero attached hydrogens (tertiary/aromatic N) is 2. The highest BCUT2D eigenvalue weighted by Gasteiger charge is 2.38. The molecule has 2 amide bonds. The minimum Gasteiger partial charge on any atom is -0.508 e. The van der Waals surface area contributed by atoms with Crippen LogP contribution in [-0.4, -0.2) is 53.2 Å². The lowest BCUT2D eigenvalue weighted by Gasteiger charge is -2.39. The summed E-state index contributed by atoms with van der Waals surface area (Å²) in [5.74, 6) is 0.572. The van der Waals surface area contributed by atoms with Crippen LogP contribution in [0.3, 0.4) is 0 Å². The van der Waals surface area contributed by atoms with Crippen LogP contribution in [0.15, 0.2) is 53.9 Å². The van der Waals surface area contributed by atoms with Crippen molar-refractivity contribution in [2.45, 2.75) is 51.2 Å². The third kappa shape index (κ3) is 7.08. The molecule has 196 valence electrons. The van der Waals surface area contributed by atoms with E-state index in [1.807, 2.05) is 48.7 Å². The number of rotatable bonds is 10. The maximum atomic E-state index is 13.8. The van der Waals surface area contributed by atoms with Crippen LogP contribution in [0.2, 0.25) is 0 Å². The van der Waals surface area contributed by atoms with Gasteiger partial charge >= 0.3 is 0 Å². The lowest BCUT2D eigenvalue weighted by Crippen LogP contribution is -2.50. The summed E-state index contributed by atoms with van der Waals surface area (Å²) in [6.07, 6.45) is 2.08. The summed E-state index contributed by atoms with van der Waals surface area (Å²) in [5, 5.41) is 15.3. The van der Waals surface area contributed by atoms with Crippen molar-refractivity contribution in [3.05, 3.63) is 75.7 Å². The summed E-state index contributed by atoms with van der Waals surface area (Å²) >= 11 is 1.46. The summed E-state index contributed by atoms with van der Waals surface area (Å²) in [7, 11) is 1.61. The number of hydrogen-bond acceptors (Lipinski definition) is 7. The molecule has 1 aliphatic heterocycles. The van der Waals surface area contributed by atoms with E-state index >= 15 is 0 Å². The van der Waals surface area contributed by atoms with Crippen LogP contribution in [0, 0.1) is 6.92 Å². The first kappa shape index (κ1) is 26.6. The zero-order valence-electron chi connectivity index (χ0n) is 21.2. The van der Waals surface area contributed by atoms with Crippen LogP contribution in [0.1, 0.15) is 47.1 Å². The molecule has 1 aromatic heterocycles. The molecule has 1 aliphatic rings. The fourth-order valence-corrected chi connectivity index (χ4v) is 5.13. The summed E-state index contributed by atoms with van der Waals surface area (Å²) in [5.41, 5.74) is 2.46. The molecule has 37 heavy (non-hydrogen) atoms. The van der Waals surface area contributed by atoms with Gasteiger partial charge in [-0.15, -0.1) is 11.3 Å². The molecule has 1 unspecified atom stereocenters. The number of phenols is 1. The number of aromatic hydroxyl groups is 1. The van der Waals surface area contributed by atoms with Crippen LogP contribution in [0.5, 0.6) is 11.5 Å². The van der Waals surface area contributed by atoms with Crippen molar-refractivity contribution in [2.24, 2.45) is 0 Å². The van der Waals surface area contributed by atoms with E-state index in [1.54, 1.807) is 24.1 Å². The Morgan fingerprint density at radius 2 is 1.81 bits per heavy atom. The molecular formula is C28H33N3O5S. The van der Waals surface area contributed by atoms with Crippen LogP contribution in [0.4, 0.5) is 0 Å². The highest BCUT2D eigenvalue weighted by molar-refractivity contribution is 7.09. The average molecular weight is 524 g/mol. The molecule has 4 rings (SSSR count). The fourth-order valence-electron chi connectivity index (χ4n) is 4.50. The fraction of sp³-hybridized carbons (Fsp3) is 0.393. The van der Waals surface area contributed by atoms with Crippen molar-refractivity contribution in [2.75, 3.05) is 20.3 Å². The third-order valence-corrected chi connectivity index (χ3v) is 7.30. The predicted molar refractivity (Wildman–Crippen MR) is 142 cm³/mol. The molecule has 0 bridgehead atoms. The van der Waals surface area contributed by atoms with Crippen molar-refractivity contribution in [3.8, 4) is 11.5 Å². The van der Waals surface area contributed by atoms with Crippen molar-refractivity contribution in [3.63, 3.8) is 0 Å². The standard InChI is InChI=1S/C28H33N3O5S/c1-19-30-25(18-37-19)27(28(34)29-17-21-5-10-24(35-2)11-6-21)31(22-13-15-36-16-14-22)26(33)12-7-20-3-8-23(32)9-4-20/h3-6,8-11,18,22,27,32H,7,12-17H2,1-2H3,(H,29,34). The number of phenolic OH excluding ortho intramolecular Hbond substituents is 1. The first-order valence-electron chi connectivity index (χ1n) is 12.4. The Balaban J connectivity index is 1.57. The number of aryl methyl sites for hydroxylation is 2. The van der Waals surface area contributed by atoms with Gasteiger partial charge < -0.3 is 24.8 Å². The summed E-state index contributed by atoms with van der Waals surface area (Å²) < 4.78 is 10.8. The first-order valence-corrected chi connectivity index (χ1v) is 13.3. The largest absolute Gasteiger partial charge is 0.508 e. The van der Waals surface area contributed by atoms with E-state index in [4.69, 9.17) is 9.47 Å². The van der Waals surface area contributed by atoms with Gasteiger partial charge in [-0.2, -0.15) is 0 Å². The molecule has 2 aromatic carbocycles. The Morgan fingerprint density at radius 1 is 1.14 bits per heavy atom. The molecule has 0 radical (unpaired) electrons. The zero-order chi connectivity index (χ0) is 26.2. The van der Waals surface area contributed by atoms with Gasteiger partial charge in [-0.3, -0.25) is 9.59 Å². The number of nitrogens with one attached hydrogen (secondary N) is 1. The summed E-state index contributed by atoms with van der Waals surface area (Å²) in [4.78, 5) is 33.9. The number of aromatic nitrogens is 1. The molecule has 0 saturated carbocycles. The Kier molecular flexibility index (Phi) is 9.14. The van der Waals surface area contributed by atoms with Gasteiger partial charge in [0.2, 0.25) is 11.8 Å². The van der Waals surface area contributed by atoms with E-state index in [2.05, 4.69) is 10.3 Å². The van der Waals surface area contributed by atoms with Gasteiger partial charge in [0.15, 0.2) is 6.04 Å². The number of benzene rings is 2. The molecule has 0 aliphatic carbocycles. The Bertz CT molecular complexity index is 1170. The Morgan fingerprint density at radius 3 is 2.43 bits per heavy atom. The second kappa shape index (κ2) is 12.7. The van der Waals surface area contributed by atoms with Gasteiger partial charge in [-0.05, 0) is 61.6 Å². The van der Waals surface area contributed by atoms with Crippen molar-refractivity contribution < 1.29 is 24.2 Å². The van der Waals surface area contributed by atoms with E-state index in [0.717, 1.165) is 21.9 Å². The first-order chi connectivity index (χ1) is 17.9. The number of ether oxygens (including phenoxy) is 2. The number of thiazole rings is 1. The molecular weight excluding hydrogens is 490 g/mol. The van der Waals surface area contributed by atoms with Gasteiger partial charge in [-0.25, -0.2) is 4.98 Å². The van der Waals surface area contributed by atoms with Gasteiger partial charge in [0, 0.05) is 37.6 Å². The maximum absolute atomic E-state index is 13.8. The average Bonchev–Trinajstić information content (AvgIpc) is 3.36. The molecule has 8 nitrogen and oxygen atoms in total. The molecule has 2 N–H and O–H groups in total. The smallest absolute Gasteiger partial charge is 0.249 e. The molecule has 1 saturated heterocycles. The second-order valence-electron chi connectivity index (χ2n) is 9.07. The third-order valence-electron chi connectivity index (χ3n) is 6.51. The zero-order valence-corrected chi connectivity index (χ0v) is 22.0. The lowest BCUT2D eigenvalue weighted by molar-refractivity contribution is -0.146. The van der Waals surface area contributed by atoms with Gasteiger partial charge in [0.05, 0.1) is 17.8 Å². The Hall–Kier alpha value is -3.43. The maximum Gasteiger partial charge on any atom is 0.249 e. The monoisotopic (exact) mass is 523 g/mol. The van der Waals surface area contributed by atoms with Crippen molar-refractivity contribution in [1.82, 2.24) is 15.2 Å². The predicted octanol–water partition coefficient (Wildman–Crippen LogP) is 4.16. The molecule has 2 heterocycles. The molecule has 1 atom stereocenters. The Labute approximate surface area is 221 Å². The minimum atomic E-state index is -0.835. The number of carbonyl (C=O) groups is 2. The highest BCUT2D eigenvalue weighted by Crippen LogP contribution is 2.30. The number of hydrogen-bond donors (Lipinski definition) is 2. The quantitative estimate of drug-likeness (QED) is 0.414. The number of amides is 2. The number of methoxy groups -OCH3 is 1. The van der Waals surface area contributed by atoms with Gasteiger partial charge in [0.25, 0.3) is 0 Å². The van der Waals surface area contributed by atoms with Gasteiger partial charge in [-0.1, -0.05) is 24.3 Å². The van der Waals surface area contributed by atoms with Crippen LogP contribution in [-0.2, 0) is 27.3 Å². The van der Waals surface area contributed by atoms with Crippen molar-refractivity contribution in [1.29, 1.82) is 0 Å².